The molecule has 0 bridgehead atoms. The predicted molar refractivity (Wildman–Crippen MR) is 143 cm³/mol. The number of nitriles is 2. The van der Waals surface area contributed by atoms with Crippen molar-refractivity contribution >= 4 is 35.0 Å². The van der Waals surface area contributed by atoms with Crippen molar-refractivity contribution in [3.8, 4) is 24.0 Å². The SMILES string of the molecule is N#Cc1ccc(N2C(=O)c3ccc(C#Cc4ccc5c(c4)C(=O)N(c4ccc(C#N)cc4)C5=O)cc3C2=O)cc1. The van der Waals surface area contributed by atoms with Crippen LogP contribution in [0.1, 0.15) is 63.7 Å². The number of imide groups is 2. The van der Waals surface area contributed by atoms with Gasteiger partial charge in [-0.1, -0.05) is 11.8 Å². The van der Waals surface area contributed by atoms with Crippen LogP contribution in [0.2, 0.25) is 0 Å². The Morgan fingerprint density at radius 3 is 1.10 bits per heavy atom. The topological polar surface area (TPSA) is 122 Å². The van der Waals surface area contributed by atoms with Crippen LogP contribution in [-0.2, 0) is 0 Å². The molecule has 186 valence electrons. The first-order valence-corrected chi connectivity index (χ1v) is 12.0. The normalized spacial score (nSPS) is 13.3. The summed E-state index contributed by atoms with van der Waals surface area (Å²) in [6.45, 7) is 0. The molecule has 2 heterocycles. The maximum Gasteiger partial charge on any atom is 0.266 e. The third kappa shape index (κ3) is 3.80. The first-order chi connectivity index (χ1) is 19.4. The molecule has 0 aliphatic carbocycles. The van der Waals surface area contributed by atoms with E-state index < -0.39 is 23.6 Å². The van der Waals surface area contributed by atoms with Crippen molar-refractivity contribution in [3.63, 3.8) is 0 Å². The summed E-state index contributed by atoms with van der Waals surface area (Å²) in [5, 5.41) is 18.0. The van der Waals surface area contributed by atoms with Gasteiger partial charge >= 0.3 is 0 Å². The van der Waals surface area contributed by atoms with Crippen LogP contribution in [-0.4, -0.2) is 23.6 Å². The Balaban J connectivity index is 1.26. The third-order valence-corrected chi connectivity index (χ3v) is 6.63. The summed E-state index contributed by atoms with van der Waals surface area (Å²) in [6.07, 6.45) is 0. The fourth-order valence-electron chi connectivity index (χ4n) is 4.62. The van der Waals surface area contributed by atoms with Gasteiger partial charge in [-0.3, -0.25) is 19.2 Å². The molecule has 0 fully saturated rings. The summed E-state index contributed by atoms with van der Waals surface area (Å²) < 4.78 is 0. The van der Waals surface area contributed by atoms with Crippen LogP contribution < -0.4 is 9.80 Å². The minimum atomic E-state index is -0.488. The minimum Gasteiger partial charge on any atom is -0.268 e. The summed E-state index contributed by atoms with van der Waals surface area (Å²) in [5.41, 5.74) is 3.48. The molecule has 6 rings (SSSR count). The molecule has 4 aromatic rings. The van der Waals surface area contributed by atoms with Crippen molar-refractivity contribution in [1.82, 2.24) is 0 Å². The van der Waals surface area contributed by atoms with Gasteiger partial charge in [-0.05, 0) is 84.9 Å². The average Bonchev–Trinajstić information content (AvgIpc) is 3.39. The number of hydrogen-bond acceptors (Lipinski definition) is 6. The van der Waals surface area contributed by atoms with Gasteiger partial charge in [0.2, 0.25) is 0 Å². The molecule has 0 N–H and O–H groups in total. The summed E-state index contributed by atoms with van der Waals surface area (Å²) in [5.74, 6) is 4.02. The summed E-state index contributed by atoms with van der Waals surface area (Å²) in [7, 11) is 0. The largest absolute Gasteiger partial charge is 0.268 e. The number of carbonyl (C=O) groups is 4. The van der Waals surface area contributed by atoms with Gasteiger partial charge in [0, 0.05) is 11.1 Å². The standard InChI is InChI=1S/C32H14N4O4/c33-17-21-3-9-23(10-4-21)35-29(37)25-13-7-19(15-27(25)31(35)39)1-2-20-8-14-26-28(16-20)32(40)36(30(26)38)24-11-5-22(18-34)6-12-24/h3-16H. The van der Waals surface area contributed by atoms with Crippen LogP contribution in [0.5, 0.6) is 0 Å². The van der Waals surface area contributed by atoms with Gasteiger partial charge in [0.05, 0.1) is 56.9 Å². The van der Waals surface area contributed by atoms with Crippen LogP contribution in [0.15, 0.2) is 84.9 Å². The Bertz CT molecular complexity index is 1810. The molecule has 0 atom stereocenters. The van der Waals surface area contributed by atoms with Gasteiger partial charge in [-0.15, -0.1) is 0 Å². The van der Waals surface area contributed by atoms with Crippen molar-refractivity contribution in [2.45, 2.75) is 0 Å². The molecular formula is C32H14N4O4. The lowest BCUT2D eigenvalue weighted by Crippen LogP contribution is -2.29. The van der Waals surface area contributed by atoms with Gasteiger partial charge in [-0.25, -0.2) is 9.80 Å². The number of fused-ring (bicyclic) bond motifs is 2. The molecule has 40 heavy (non-hydrogen) atoms. The zero-order valence-electron chi connectivity index (χ0n) is 20.5. The van der Waals surface area contributed by atoms with Gasteiger partial charge < -0.3 is 0 Å². The van der Waals surface area contributed by atoms with Crippen LogP contribution in [0.3, 0.4) is 0 Å². The second kappa shape index (κ2) is 9.22. The fraction of sp³-hybridized carbons (Fsp3) is 0. The zero-order valence-corrected chi connectivity index (χ0v) is 20.5. The highest BCUT2D eigenvalue weighted by molar-refractivity contribution is 6.35. The molecule has 4 aromatic carbocycles. The first-order valence-electron chi connectivity index (χ1n) is 12.0. The molecule has 0 saturated heterocycles. The molecule has 0 unspecified atom stereocenters. The molecule has 8 nitrogen and oxygen atoms in total. The van der Waals surface area contributed by atoms with E-state index in [9.17, 15) is 19.2 Å². The Morgan fingerprint density at radius 2 is 0.750 bits per heavy atom. The predicted octanol–water partition coefficient (Wildman–Crippen LogP) is 4.43. The molecular weight excluding hydrogens is 504 g/mol. The van der Waals surface area contributed by atoms with Gasteiger partial charge in [0.25, 0.3) is 23.6 Å². The Morgan fingerprint density at radius 1 is 0.425 bits per heavy atom. The molecule has 0 aromatic heterocycles. The Labute approximate surface area is 227 Å². The molecule has 4 amide bonds. The second-order valence-electron chi connectivity index (χ2n) is 8.98. The van der Waals surface area contributed by atoms with Crippen LogP contribution in [0, 0.1) is 34.5 Å². The minimum absolute atomic E-state index is 0.217. The third-order valence-electron chi connectivity index (χ3n) is 6.63. The maximum absolute atomic E-state index is 13.1. The molecule has 8 heteroatoms. The highest BCUT2D eigenvalue weighted by Crippen LogP contribution is 2.31. The zero-order chi connectivity index (χ0) is 28.0. The van der Waals surface area contributed by atoms with E-state index in [1.54, 1.807) is 60.7 Å². The average molecular weight is 518 g/mol. The van der Waals surface area contributed by atoms with E-state index in [-0.39, 0.29) is 22.3 Å². The van der Waals surface area contributed by atoms with E-state index in [2.05, 4.69) is 11.8 Å². The molecule has 0 spiro atoms. The summed E-state index contributed by atoms with van der Waals surface area (Å²) in [6, 6.07) is 25.8. The van der Waals surface area contributed by atoms with E-state index in [0.29, 0.717) is 33.6 Å². The number of carbonyl (C=O) groups excluding carboxylic acids is 4. The van der Waals surface area contributed by atoms with Crippen LogP contribution >= 0.6 is 0 Å². The van der Waals surface area contributed by atoms with Crippen molar-refractivity contribution in [2.75, 3.05) is 9.80 Å². The van der Waals surface area contributed by atoms with E-state index in [1.165, 1.54) is 24.3 Å². The monoisotopic (exact) mass is 518 g/mol. The number of benzene rings is 4. The van der Waals surface area contributed by atoms with Gasteiger partial charge in [0.15, 0.2) is 0 Å². The highest BCUT2D eigenvalue weighted by atomic mass is 16.2. The van der Waals surface area contributed by atoms with E-state index >= 15 is 0 Å². The number of amides is 4. The Hall–Kier alpha value is -6.30. The van der Waals surface area contributed by atoms with E-state index in [0.717, 1.165) is 9.80 Å². The van der Waals surface area contributed by atoms with E-state index in [4.69, 9.17) is 10.5 Å². The maximum atomic E-state index is 13.1. The Kier molecular flexibility index (Phi) is 5.55. The fourth-order valence-corrected chi connectivity index (χ4v) is 4.62. The van der Waals surface area contributed by atoms with Crippen LogP contribution in [0.4, 0.5) is 11.4 Å². The van der Waals surface area contributed by atoms with Gasteiger partial charge in [0.1, 0.15) is 0 Å². The smallest absolute Gasteiger partial charge is 0.266 e. The molecule has 2 aliphatic heterocycles. The lowest BCUT2D eigenvalue weighted by molar-refractivity contribution is 0.0910. The lowest BCUT2D eigenvalue weighted by atomic mass is 10.0. The molecule has 0 radical (unpaired) electrons. The molecule has 2 aliphatic rings. The van der Waals surface area contributed by atoms with Gasteiger partial charge in [-0.2, -0.15) is 10.5 Å². The van der Waals surface area contributed by atoms with Crippen molar-refractivity contribution in [1.29, 1.82) is 10.5 Å². The summed E-state index contributed by atoms with van der Waals surface area (Å²) >= 11 is 0. The molecule has 0 saturated carbocycles. The second-order valence-corrected chi connectivity index (χ2v) is 8.98. The number of nitrogens with zero attached hydrogens (tertiary/aromatic N) is 4. The van der Waals surface area contributed by atoms with Crippen molar-refractivity contribution in [2.24, 2.45) is 0 Å². The van der Waals surface area contributed by atoms with E-state index in [1.807, 2.05) is 12.1 Å². The van der Waals surface area contributed by atoms with Crippen molar-refractivity contribution in [3.05, 3.63) is 129 Å². The number of rotatable bonds is 2. The highest BCUT2D eigenvalue weighted by Gasteiger charge is 2.38. The number of anilines is 2. The van der Waals surface area contributed by atoms with Crippen molar-refractivity contribution < 1.29 is 19.2 Å². The summed E-state index contributed by atoms with van der Waals surface area (Å²) in [4.78, 5) is 54.1. The first kappa shape index (κ1) is 24.1. The van der Waals surface area contributed by atoms with Crippen LogP contribution in [0.25, 0.3) is 0 Å². The quantitative estimate of drug-likeness (QED) is 0.286. The number of hydrogen-bond donors (Lipinski definition) is 0. The lowest BCUT2D eigenvalue weighted by Gasteiger charge is -2.13.